The van der Waals surface area contributed by atoms with E-state index >= 15 is 0 Å². The van der Waals surface area contributed by atoms with Crippen LogP contribution in [-0.2, 0) is 6.42 Å². The Hall–Kier alpha value is -2.71. The average Bonchev–Trinajstić information content (AvgIpc) is 3.39. The molecule has 0 aliphatic carbocycles. The lowest BCUT2D eigenvalue weighted by atomic mass is 10.00. The molecule has 0 unspecified atom stereocenters. The number of aromatic nitrogens is 3. The molecular weight excluding hydrogens is 391 g/mol. The molecule has 1 atom stereocenters. The Morgan fingerprint density at radius 3 is 3.11 bits per heavy atom. The summed E-state index contributed by atoms with van der Waals surface area (Å²) < 4.78 is 19.9. The number of fused-ring (bicyclic) bond motifs is 2. The predicted octanol–water partition coefficient (Wildman–Crippen LogP) is 4.19. The molecule has 27 heavy (non-hydrogen) atoms. The maximum Gasteiger partial charge on any atom is 0.283 e. The van der Waals surface area contributed by atoms with Crippen molar-refractivity contribution in [2.24, 2.45) is 0 Å². The second-order valence-electron chi connectivity index (χ2n) is 6.20. The lowest BCUT2D eigenvalue weighted by Crippen LogP contribution is -2.40. The van der Waals surface area contributed by atoms with Crippen molar-refractivity contribution >= 4 is 39.8 Å². The molecule has 0 fully saturated rings. The monoisotopic (exact) mass is 402 g/mol. The second kappa shape index (κ2) is 6.17. The van der Waals surface area contributed by atoms with Gasteiger partial charge in [-0.25, -0.2) is 14.4 Å². The highest BCUT2D eigenvalue weighted by Gasteiger charge is 2.37. The van der Waals surface area contributed by atoms with Gasteiger partial charge in [-0.15, -0.1) is 11.3 Å². The molecule has 0 saturated heterocycles. The molecule has 0 spiro atoms. The Morgan fingerprint density at radius 2 is 2.33 bits per heavy atom. The van der Waals surface area contributed by atoms with Crippen molar-refractivity contribution in [2.45, 2.75) is 12.5 Å². The van der Waals surface area contributed by atoms with Gasteiger partial charge in [0, 0.05) is 29.4 Å². The number of para-hydroxylation sites is 1. The smallest absolute Gasteiger partial charge is 0.283 e. The molecule has 0 bridgehead atoms. The van der Waals surface area contributed by atoms with Crippen LogP contribution in [0, 0.1) is 5.82 Å². The first-order valence-corrected chi connectivity index (χ1v) is 9.49. The fourth-order valence-corrected chi connectivity index (χ4v) is 4.34. The van der Waals surface area contributed by atoms with Crippen LogP contribution in [0.4, 0.5) is 4.39 Å². The standard InChI is InChI=1S/C18H12ClFN4O2S/c19-13-7-27-17(23-13)18(25)24-5-4-11-14(22-8-21-11)15(24)12-6-9-2-1-3-10(20)16(9)26-12/h1-3,6-8,15H,4-5H2,(H,21,22)/t15-/m0/s1. The summed E-state index contributed by atoms with van der Waals surface area (Å²) in [5, 5.41) is 2.83. The number of imidazole rings is 1. The number of hydrogen-bond acceptors (Lipinski definition) is 5. The third kappa shape index (κ3) is 2.64. The molecule has 9 heteroatoms. The van der Waals surface area contributed by atoms with E-state index in [4.69, 9.17) is 16.0 Å². The van der Waals surface area contributed by atoms with Crippen LogP contribution in [0.25, 0.3) is 11.0 Å². The van der Waals surface area contributed by atoms with Crippen LogP contribution in [0.3, 0.4) is 0 Å². The van der Waals surface area contributed by atoms with E-state index in [9.17, 15) is 9.18 Å². The van der Waals surface area contributed by atoms with Gasteiger partial charge in [-0.3, -0.25) is 4.79 Å². The number of benzene rings is 1. The van der Waals surface area contributed by atoms with E-state index < -0.39 is 11.9 Å². The molecule has 4 aromatic rings. The number of nitrogens with zero attached hydrogens (tertiary/aromatic N) is 3. The van der Waals surface area contributed by atoms with Crippen molar-refractivity contribution in [1.29, 1.82) is 0 Å². The van der Waals surface area contributed by atoms with Crippen LogP contribution in [0.1, 0.15) is 33.0 Å². The van der Waals surface area contributed by atoms with Gasteiger partial charge in [0.1, 0.15) is 17.0 Å². The van der Waals surface area contributed by atoms with Gasteiger partial charge >= 0.3 is 0 Å². The van der Waals surface area contributed by atoms with E-state index in [2.05, 4.69) is 15.0 Å². The van der Waals surface area contributed by atoms with E-state index in [-0.39, 0.29) is 16.6 Å². The van der Waals surface area contributed by atoms with Gasteiger partial charge in [-0.2, -0.15) is 0 Å². The third-order valence-corrected chi connectivity index (χ3v) is 5.78. The molecular formula is C18H12ClFN4O2S. The third-order valence-electron chi connectivity index (χ3n) is 4.63. The lowest BCUT2D eigenvalue weighted by molar-refractivity contribution is 0.0672. The van der Waals surface area contributed by atoms with E-state index in [0.717, 1.165) is 5.69 Å². The van der Waals surface area contributed by atoms with Crippen LogP contribution in [0.5, 0.6) is 0 Å². The molecule has 1 aliphatic heterocycles. The molecule has 5 rings (SSSR count). The second-order valence-corrected chi connectivity index (χ2v) is 7.45. The number of carbonyl (C=O) groups is 1. The van der Waals surface area contributed by atoms with Gasteiger partial charge in [0.15, 0.2) is 16.4 Å². The van der Waals surface area contributed by atoms with Gasteiger partial charge in [-0.1, -0.05) is 23.7 Å². The molecule has 6 nitrogen and oxygen atoms in total. The number of hydrogen-bond donors (Lipinski definition) is 1. The predicted molar refractivity (Wildman–Crippen MR) is 98.5 cm³/mol. The van der Waals surface area contributed by atoms with Crippen LogP contribution in [-0.4, -0.2) is 32.3 Å². The van der Waals surface area contributed by atoms with E-state index in [1.165, 1.54) is 17.4 Å². The first-order valence-electron chi connectivity index (χ1n) is 8.24. The molecule has 1 N–H and O–H groups in total. The van der Waals surface area contributed by atoms with Gasteiger partial charge in [-0.05, 0) is 12.1 Å². The number of rotatable bonds is 2. The van der Waals surface area contributed by atoms with E-state index in [0.29, 0.717) is 34.8 Å². The minimum atomic E-state index is -0.568. The number of thiazole rings is 1. The number of H-pyrrole nitrogens is 1. The number of nitrogens with one attached hydrogen (secondary N) is 1. The highest BCUT2D eigenvalue weighted by molar-refractivity contribution is 7.12. The van der Waals surface area contributed by atoms with Crippen molar-refractivity contribution in [2.75, 3.05) is 6.54 Å². The summed E-state index contributed by atoms with van der Waals surface area (Å²) in [7, 11) is 0. The summed E-state index contributed by atoms with van der Waals surface area (Å²) in [4.78, 5) is 26.3. The quantitative estimate of drug-likeness (QED) is 0.545. The van der Waals surface area contributed by atoms with Gasteiger partial charge in [0.25, 0.3) is 5.91 Å². The van der Waals surface area contributed by atoms with E-state index in [1.807, 2.05) is 0 Å². The Bertz CT molecular complexity index is 1170. The maximum atomic E-state index is 14.1. The molecule has 3 aromatic heterocycles. The summed E-state index contributed by atoms with van der Waals surface area (Å²) >= 11 is 7.07. The Labute approximate surface area is 161 Å². The highest BCUT2D eigenvalue weighted by Crippen LogP contribution is 2.37. The largest absolute Gasteiger partial charge is 0.455 e. The van der Waals surface area contributed by atoms with Crippen LogP contribution < -0.4 is 0 Å². The number of furan rings is 1. The zero-order chi connectivity index (χ0) is 18.5. The van der Waals surface area contributed by atoms with Crippen molar-refractivity contribution in [3.8, 4) is 0 Å². The van der Waals surface area contributed by atoms with Crippen molar-refractivity contribution < 1.29 is 13.6 Å². The molecule has 1 amide bonds. The normalized spacial score (nSPS) is 16.7. The van der Waals surface area contributed by atoms with Crippen molar-refractivity contribution in [3.05, 3.63) is 69.1 Å². The van der Waals surface area contributed by atoms with Crippen LogP contribution in [0.2, 0.25) is 5.15 Å². The summed E-state index contributed by atoms with van der Waals surface area (Å²) in [5.41, 5.74) is 1.79. The first kappa shape index (κ1) is 16.5. The highest BCUT2D eigenvalue weighted by atomic mass is 35.5. The molecule has 1 aromatic carbocycles. The van der Waals surface area contributed by atoms with Crippen LogP contribution in [0.15, 0.2) is 40.4 Å². The zero-order valence-corrected chi connectivity index (χ0v) is 15.4. The lowest BCUT2D eigenvalue weighted by Gasteiger charge is -2.33. The topological polar surface area (TPSA) is 75.0 Å². The van der Waals surface area contributed by atoms with E-state index in [1.54, 1.807) is 34.8 Å². The summed E-state index contributed by atoms with van der Waals surface area (Å²) in [6.45, 7) is 0.454. The SMILES string of the molecule is O=C(c1nc(Cl)cs1)N1CCc2[nH]cnc2[C@@H]1c1cc2cccc(F)c2o1. The number of amides is 1. The van der Waals surface area contributed by atoms with Crippen LogP contribution >= 0.6 is 22.9 Å². The van der Waals surface area contributed by atoms with Crippen molar-refractivity contribution in [1.82, 2.24) is 19.9 Å². The Morgan fingerprint density at radius 1 is 1.44 bits per heavy atom. The minimum Gasteiger partial charge on any atom is -0.455 e. The molecule has 4 heterocycles. The molecule has 136 valence electrons. The molecule has 1 aliphatic rings. The van der Waals surface area contributed by atoms with Gasteiger partial charge in [0.2, 0.25) is 0 Å². The fourth-order valence-electron chi connectivity index (χ4n) is 3.44. The maximum absolute atomic E-state index is 14.1. The fraction of sp³-hybridized carbons (Fsp3) is 0.167. The van der Waals surface area contributed by atoms with Gasteiger partial charge < -0.3 is 14.3 Å². The Kier molecular flexibility index (Phi) is 3.76. The molecule has 0 saturated carbocycles. The zero-order valence-electron chi connectivity index (χ0n) is 13.8. The number of aromatic amines is 1. The summed E-state index contributed by atoms with van der Waals surface area (Å²) in [6.07, 6.45) is 2.22. The first-order chi connectivity index (χ1) is 13.1. The number of halogens is 2. The summed E-state index contributed by atoms with van der Waals surface area (Å²) in [6, 6.07) is 5.92. The minimum absolute atomic E-state index is 0.167. The molecule has 0 radical (unpaired) electrons. The van der Waals surface area contributed by atoms with Gasteiger partial charge in [0.05, 0.1) is 12.0 Å². The number of carbonyl (C=O) groups excluding carboxylic acids is 1. The summed E-state index contributed by atoms with van der Waals surface area (Å²) in [5.74, 6) is -0.243. The Balaban J connectivity index is 1.64. The average molecular weight is 403 g/mol. The van der Waals surface area contributed by atoms with Crippen molar-refractivity contribution in [3.63, 3.8) is 0 Å².